The molecule has 0 saturated carbocycles. The molecule has 16 heavy (non-hydrogen) atoms. The van der Waals surface area contributed by atoms with Crippen LogP contribution in [0, 0.1) is 10.1 Å². The summed E-state index contributed by atoms with van der Waals surface area (Å²) < 4.78 is 4.75. The fourth-order valence-electron chi connectivity index (χ4n) is 1.06. The lowest BCUT2D eigenvalue weighted by molar-refractivity contribution is -0.385. The number of hydrogen-bond donors (Lipinski definition) is 2. The van der Waals surface area contributed by atoms with E-state index < -0.39 is 17.5 Å². The average molecular weight is 227 g/mol. The van der Waals surface area contributed by atoms with Gasteiger partial charge >= 0.3 is 11.7 Å². The highest BCUT2D eigenvalue weighted by molar-refractivity contribution is 5.68. The number of nitrogens with zero attached hydrogens (tertiary/aromatic N) is 1. The van der Waals surface area contributed by atoms with Crippen LogP contribution < -0.4 is 4.74 Å². The molecule has 0 heterocycles. The maximum Gasteiger partial charge on any atom is 0.341 e. The van der Waals surface area contributed by atoms with Crippen molar-refractivity contribution < 1.29 is 24.7 Å². The van der Waals surface area contributed by atoms with Gasteiger partial charge in [0.05, 0.1) is 11.5 Å². The maximum atomic E-state index is 10.6. The van der Waals surface area contributed by atoms with Crippen LogP contribution in [-0.2, 0) is 11.4 Å². The Kier molecular flexibility index (Phi) is 3.78. The Morgan fingerprint density at radius 2 is 2.19 bits per heavy atom. The second-order valence-corrected chi connectivity index (χ2v) is 2.90. The summed E-state index contributed by atoms with van der Waals surface area (Å²) in [5, 5.41) is 27.8. The molecule has 2 N–H and O–H groups in total. The third-order valence-corrected chi connectivity index (χ3v) is 1.75. The van der Waals surface area contributed by atoms with Crippen LogP contribution in [0.4, 0.5) is 5.69 Å². The molecule has 0 spiro atoms. The maximum absolute atomic E-state index is 10.6. The van der Waals surface area contributed by atoms with Crippen LogP contribution in [0.5, 0.6) is 5.75 Å². The third-order valence-electron chi connectivity index (χ3n) is 1.75. The number of aliphatic hydroxyl groups is 1. The lowest BCUT2D eigenvalue weighted by Crippen LogP contribution is -2.10. The zero-order valence-corrected chi connectivity index (χ0v) is 8.12. The van der Waals surface area contributed by atoms with Gasteiger partial charge in [-0.3, -0.25) is 10.1 Å². The Hall–Kier alpha value is -2.15. The highest BCUT2D eigenvalue weighted by Gasteiger charge is 2.16. The van der Waals surface area contributed by atoms with E-state index in [4.69, 9.17) is 14.9 Å². The van der Waals surface area contributed by atoms with E-state index in [1.54, 1.807) is 0 Å². The molecule has 0 saturated heterocycles. The van der Waals surface area contributed by atoms with Crippen LogP contribution >= 0.6 is 0 Å². The smallest absolute Gasteiger partial charge is 0.341 e. The molecule has 86 valence electrons. The molecule has 0 fully saturated rings. The lowest BCUT2D eigenvalue weighted by atomic mass is 10.2. The largest absolute Gasteiger partial charge is 0.479 e. The first-order chi connectivity index (χ1) is 7.54. The van der Waals surface area contributed by atoms with E-state index in [2.05, 4.69) is 0 Å². The molecule has 7 heteroatoms. The third kappa shape index (κ3) is 2.92. The molecule has 0 aromatic heterocycles. The van der Waals surface area contributed by atoms with Crippen molar-refractivity contribution in [2.24, 2.45) is 0 Å². The summed E-state index contributed by atoms with van der Waals surface area (Å²) in [7, 11) is 0. The predicted octanol–water partition coefficient (Wildman–Crippen LogP) is 0.550. The number of nitro benzene ring substituents is 1. The standard InChI is InChI=1S/C9H9NO6/c11-4-6-1-2-7(10(14)15)8(3-6)16-5-9(12)13/h1-3,11H,4-5H2,(H,12,13). The van der Waals surface area contributed by atoms with Gasteiger partial charge in [-0.05, 0) is 17.7 Å². The van der Waals surface area contributed by atoms with Gasteiger partial charge in [0.15, 0.2) is 12.4 Å². The van der Waals surface area contributed by atoms with Crippen LogP contribution in [0.1, 0.15) is 5.56 Å². The van der Waals surface area contributed by atoms with Crippen molar-refractivity contribution >= 4 is 11.7 Å². The number of carbonyl (C=O) groups is 1. The summed E-state index contributed by atoms with van der Waals surface area (Å²) in [4.78, 5) is 20.2. The average Bonchev–Trinajstić information content (AvgIpc) is 2.25. The van der Waals surface area contributed by atoms with Crippen molar-refractivity contribution in [2.75, 3.05) is 6.61 Å². The normalized spacial score (nSPS) is 9.81. The molecule has 1 aromatic rings. The van der Waals surface area contributed by atoms with Crippen LogP contribution in [0.3, 0.4) is 0 Å². The van der Waals surface area contributed by atoms with Gasteiger partial charge in [-0.2, -0.15) is 0 Å². The summed E-state index contributed by atoms with van der Waals surface area (Å²) in [6, 6.07) is 3.76. The van der Waals surface area contributed by atoms with Gasteiger partial charge in [0.2, 0.25) is 0 Å². The Labute approximate surface area is 90.0 Å². The molecular formula is C9H9NO6. The molecule has 0 aliphatic heterocycles. The number of nitro groups is 1. The number of aliphatic carboxylic acids is 1. The van der Waals surface area contributed by atoms with E-state index in [1.165, 1.54) is 12.1 Å². The zero-order chi connectivity index (χ0) is 12.1. The Morgan fingerprint density at radius 1 is 1.50 bits per heavy atom. The minimum absolute atomic E-state index is 0.168. The molecule has 0 bridgehead atoms. The first-order valence-corrected chi connectivity index (χ1v) is 4.27. The summed E-state index contributed by atoms with van der Waals surface area (Å²) in [6.07, 6.45) is 0. The van der Waals surface area contributed by atoms with Crippen molar-refractivity contribution in [1.82, 2.24) is 0 Å². The van der Waals surface area contributed by atoms with E-state index in [0.717, 1.165) is 6.07 Å². The Bertz CT molecular complexity index is 416. The molecule has 0 amide bonds. The second-order valence-electron chi connectivity index (χ2n) is 2.90. The van der Waals surface area contributed by atoms with Gasteiger partial charge < -0.3 is 14.9 Å². The molecular weight excluding hydrogens is 218 g/mol. The molecule has 7 nitrogen and oxygen atoms in total. The number of benzene rings is 1. The minimum Gasteiger partial charge on any atom is -0.479 e. The van der Waals surface area contributed by atoms with Crippen molar-refractivity contribution in [3.8, 4) is 5.75 Å². The van der Waals surface area contributed by atoms with Gasteiger partial charge in [0.25, 0.3) is 0 Å². The topological polar surface area (TPSA) is 110 Å². The Morgan fingerprint density at radius 3 is 2.69 bits per heavy atom. The van der Waals surface area contributed by atoms with Crippen molar-refractivity contribution in [2.45, 2.75) is 6.61 Å². The number of rotatable bonds is 5. The van der Waals surface area contributed by atoms with E-state index in [1.807, 2.05) is 0 Å². The zero-order valence-electron chi connectivity index (χ0n) is 8.12. The first-order valence-electron chi connectivity index (χ1n) is 4.27. The summed E-state index contributed by atoms with van der Waals surface area (Å²) in [5.41, 5.74) is 0.0736. The fourth-order valence-corrected chi connectivity index (χ4v) is 1.06. The van der Waals surface area contributed by atoms with E-state index >= 15 is 0 Å². The molecule has 0 aliphatic rings. The molecule has 1 rings (SSSR count). The van der Waals surface area contributed by atoms with Gasteiger partial charge in [-0.15, -0.1) is 0 Å². The number of carboxylic acids is 1. The predicted molar refractivity (Wildman–Crippen MR) is 52.2 cm³/mol. The number of carboxylic acid groups (broad SMARTS) is 1. The van der Waals surface area contributed by atoms with Gasteiger partial charge in [-0.1, -0.05) is 0 Å². The van der Waals surface area contributed by atoms with E-state index in [-0.39, 0.29) is 18.0 Å². The van der Waals surface area contributed by atoms with Crippen LogP contribution in [0.2, 0.25) is 0 Å². The van der Waals surface area contributed by atoms with Gasteiger partial charge in [-0.25, -0.2) is 4.79 Å². The minimum atomic E-state index is -1.23. The quantitative estimate of drug-likeness (QED) is 0.561. The highest BCUT2D eigenvalue weighted by atomic mass is 16.6. The van der Waals surface area contributed by atoms with E-state index in [9.17, 15) is 14.9 Å². The molecule has 0 radical (unpaired) electrons. The lowest BCUT2D eigenvalue weighted by Gasteiger charge is -2.05. The summed E-state index contributed by atoms with van der Waals surface area (Å²) in [6.45, 7) is -0.975. The number of aliphatic hydroxyl groups excluding tert-OH is 1. The SMILES string of the molecule is O=C(O)COc1cc(CO)ccc1[N+](=O)[O-]. The first kappa shape index (κ1) is 11.9. The van der Waals surface area contributed by atoms with Crippen molar-refractivity contribution in [3.05, 3.63) is 33.9 Å². The molecule has 0 atom stereocenters. The summed E-state index contributed by atoms with van der Waals surface area (Å²) in [5.74, 6) is -1.40. The monoisotopic (exact) mass is 227 g/mol. The van der Waals surface area contributed by atoms with Gasteiger partial charge in [0.1, 0.15) is 0 Å². The summed E-state index contributed by atoms with van der Waals surface area (Å²) >= 11 is 0. The van der Waals surface area contributed by atoms with Crippen molar-refractivity contribution in [3.63, 3.8) is 0 Å². The van der Waals surface area contributed by atoms with Crippen molar-refractivity contribution in [1.29, 1.82) is 0 Å². The Balaban J connectivity index is 3.00. The van der Waals surface area contributed by atoms with Crippen LogP contribution in [0.15, 0.2) is 18.2 Å². The highest BCUT2D eigenvalue weighted by Crippen LogP contribution is 2.27. The molecule has 0 unspecified atom stereocenters. The number of ether oxygens (including phenoxy) is 1. The number of hydrogen-bond acceptors (Lipinski definition) is 5. The fraction of sp³-hybridized carbons (Fsp3) is 0.222. The molecule has 1 aromatic carbocycles. The molecule has 0 aliphatic carbocycles. The second kappa shape index (κ2) is 5.08. The van der Waals surface area contributed by atoms with Gasteiger partial charge in [0, 0.05) is 6.07 Å². The van der Waals surface area contributed by atoms with Crippen LogP contribution in [-0.4, -0.2) is 27.7 Å². The van der Waals surface area contributed by atoms with Crippen LogP contribution in [0.25, 0.3) is 0 Å². The van der Waals surface area contributed by atoms with E-state index in [0.29, 0.717) is 5.56 Å².